The van der Waals surface area contributed by atoms with Gasteiger partial charge in [-0.1, -0.05) is 17.7 Å². The summed E-state index contributed by atoms with van der Waals surface area (Å²) in [7, 11) is 0. The van der Waals surface area contributed by atoms with Gasteiger partial charge in [-0.15, -0.1) is 0 Å². The lowest BCUT2D eigenvalue weighted by Crippen LogP contribution is -2.49. The van der Waals surface area contributed by atoms with Crippen LogP contribution in [0.3, 0.4) is 0 Å². The van der Waals surface area contributed by atoms with Crippen LogP contribution in [0.5, 0.6) is 0 Å². The zero-order chi connectivity index (χ0) is 18.5. The van der Waals surface area contributed by atoms with Crippen molar-refractivity contribution in [3.05, 3.63) is 53.5 Å². The van der Waals surface area contributed by atoms with Crippen LogP contribution in [-0.2, 0) is 4.79 Å². The minimum Gasteiger partial charge on any atom is -0.459 e. The molecule has 1 fully saturated rings. The van der Waals surface area contributed by atoms with E-state index in [1.54, 1.807) is 17.0 Å². The minimum atomic E-state index is -0.0674. The van der Waals surface area contributed by atoms with E-state index in [1.165, 1.54) is 11.8 Å². The van der Waals surface area contributed by atoms with Crippen LogP contribution in [0, 0.1) is 13.8 Å². The van der Waals surface area contributed by atoms with Gasteiger partial charge in [0.1, 0.15) is 0 Å². The number of hydrogen-bond donors (Lipinski definition) is 1. The van der Waals surface area contributed by atoms with Crippen LogP contribution < -0.4 is 5.32 Å². The van der Waals surface area contributed by atoms with E-state index in [0.717, 1.165) is 24.3 Å². The Morgan fingerprint density at radius 3 is 2.54 bits per heavy atom. The number of furan rings is 1. The van der Waals surface area contributed by atoms with Gasteiger partial charge < -0.3 is 14.6 Å². The third kappa shape index (κ3) is 4.52. The Kier molecular flexibility index (Phi) is 5.73. The van der Waals surface area contributed by atoms with Gasteiger partial charge in [0.25, 0.3) is 5.91 Å². The van der Waals surface area contributed by atoms with E-state index in [-0.39, 0.29) is 11.8 Å². The molecule has 1 N–H and O–H groups in total. The predicted octanol–water partition coefficient (Wildman–Crippen LogP) is 2.68. The highest BCUT2D eigenvalue weighted by Gasteiger charge is 2.23. The van der Waals surface area contributed by atoms with Gasteiger partial charge >= 0.3 is 0 Å². The Balaban J connectivity index is 1.42. The second kappa shape index (κ2) is 8.19. The molecule has 26 heavy (non-hydrogen) atoms. The molecule has 6 heteroatoms. The number of anilines is 1. The van der Waals surface area contributed by atoms with Gasteiger partial charge in [-0.3, -0.25) is 14.5 Å². The minimum absolute atomic E-state index is 0.0195. The van der Waals surface area contributed by atoms with Crippen molar-refractivity contribution >= 4 is 17.5 Å². The van der Waals surface area contributed by atoms with Crippen LogP contribution in [0.1, 0.15) is 28.1 Å². The third-order valence-corrected chi connectivity index (χ3v) is 4.70. The number of piperazine rings is 1. The van der Waals surface area contributed by atoms with Crippen molar-refractivity contribution in [1.82, 2.24) is 9.80 Å². The van der Waals surface area contributed by atoms with Crippen molar-refractivity contribution in [2.75, 3.05) is 38.0 Å². The summed E-state index contributed by atoms with van der Waals surface area (Å²) >= 11 is 0. The zero-order valence-corrected chi connectivity index (χ0v) is 15.3. The summed E-state index contributed by atoms with van der Waals surface area (Å²) in [5.74, 6) is 0.333. The Morgan fingerprint density at radius 2 is 1.88 bits per heavy atom. The third-order valence-electron chi connectivity index (χ3n) is 4.70. The molecule has 1 aliphatic heterocycles. The van der Waals surface area contributed by atoms with Gasteiger partial charge in [0.05, 0.1) is 6.26 Å². The highest BCUT2D eigenvalue weighted by molar-refractivity contribution is 5.92. The fourth-order valence-corrected chi connectivity index (χ4v) is 3.16. The van der Waals surface area contributed by atoms with Crippen LogP contribution in [0.15, 0.2) is 41.0 Å². The summed E-state index contributed by atoms with van der Waals surface area (Å²) in [6.45, 7) is 7.56. The van der Waals surface area contributed by atoms with Gasteiger partial charge in [-0.05, 0) is 37.6 Å². The molecule has 0 aliphatic carbocycles. The second-order valence-corrected chi connectivity index (χ2v) is 6.73. The fraction of sp³-hybridized carbons (Fsp3) is 0.400. The number of nitrogens with one attached hydrogen (secondary N) is 1. The molecular formula is C20H25N3O3. The Bertz CT molecular complexity index is 763. The van der Waals surface area contributed by atoms with E-state index in [2.05, 4.69) is 16.3 Å². The summed E-state index contributed by atoms with van der Waals surface area (Å²) in [6, 6.07) is 9.41. The maximum atomic E-state index is 12.2. The molecule has 1 aliphatic rings. The van der Waals surface area contributed by atoms with E-state index in [0.29, 0.717) is 31.8 Å². The van der Waals surface area contributed by atoms with Crippen LogP contribution in [0.25, 0.3) is 0 Å². The van der Waals surface area contributed by atoms with Crippen molar-refractivity contribution in [3.8, 4) is 0 Å². The molecule has 2 aromatic rings. The normalized spacial score (nSPS) is 15.1. The number of carbonyl (C=O) groups is 2. The first kappa shape index (κ1) is 18.2. The Morgan fingerprint density at radius 1 is 1.12 bits per heavy atom. The van der Waals surface area contributed by atoms with Crippen molar-refractivity contribution in [2.24, 2.45) is 0 Å². The SMILES string of the molecule is Cc1ccc(NC(=O)CCN2CCN(C(=O)c3ccco3)CC2)c(C)c1. The average molecular weight is 355 g/mol. The first-order valence-corrected chi connectivity index (χ1v) is 8.95. The zero-order valence-electron chi connectivity index (χ0n) is 15.3. The number of benzene rings is 1. The maximum absolute atomic E-state index is 12.2. The molecule has 1 aromatic carbocycles. The highest BCUT2D eigenvalue weighted by atomic mass is 16.3. The molecule has 2 amide bonds. The van der Waals surface area contributed by atoms with Crippen LogP contribution in [0.2, 0.25) is 0 Å². The van der Waals surface area contributed by atoms with Crippen LogP contribution in [-0.4, -0.2) is 54.3 Å². The molecule has 3 rings (SSSR count). The summed E-state index contributed by atoms with van der Waals surface area (Å²) in [6.07, 6.45) is 1.96. The number of aryl methyl sites for hydroxylation is 2. The second-order valence-electron chi connectivity index (χ2n) is 6.73. The highest BCUT2D eigenvalue weighted by Crippen LogP contribution is 2.16. The first-order chi connectivity index (χ1) is 12.5. The van der Waals surface area contributed by atoms with Crippen molar-refractivity contribution in [2.45, 2.75) is 20.3 Å². The van der Waals surface area contributed by atoms with E-state index in [1.807, 2.05) is 26.0 Å². The first-order valence-electron chi connectivity index (χ1n) is 8.95. The fourth-order valence-electron chi connectivity index (χ4n) is 3.16. The molecular weight excluding hydrogens is 330 g/mol. The van der Waals surface area contributed by atoms with E-state index >= 15 is 0 Å². The standard InChI is InChI=1S/C20H25N3O3/c1-15-5-6-17(16(2)14-15)21-19(24)7-8-22-9-11-23(12-10-22)20(25)18-4-3-13-26-18/h3-6,13-14H,7-12H2,1-2H3,(H,21,24). The van der Waals surface area contributed by atoms with Gasteiger partial charge in [0.15, 0.2) is 5.76 Å². The Hall–Kier alpha value is -2.60. The summed E-state index contributed by atoms with van der Waals surface area (Å²) in [5.41, 5.74) is 3.13. The molecule has 138 valence electrons. The molecule has 0 spiro atoms. The van der Waals surface area contributed by atoms with Crippen molar-refractivity contribution < 1.29 is 14.0 Å². The van der Waals surface area contributed by atoms with Gasteiger partial charge in [-0.25, -0.2) is 0 Å². The van der Waals surface area contributed by atoms with Crippen molar-refractivity contribution in [1.29, 1.82) is 0 Å². The van der Waals surface area contributed by atoms with Gasteiger partial charge in [0, 0.05) is 44.8 Å². The molecule has 0 bridgehead atoms. The van der Waals surface area contributed by atoms with Crippen LogP contribution in [0.4, 0.5) is 5.69 Å². The molecule has 1 saturated heterocycles. The summed E-state index contributed by atoms with van der Waals surface area (Å²) < 4.78 is 5.17. The molecule has 0 unspecified atom stereocenters. The lowest BCUT2D eigenvalue weighted by atomic mass is 10.1. The van der Waals surface area contributed by atoms with Gasteiger partial charge in [-0.2, -0.15) is 0 Å². The Labute approximate surface area is 153 Å². The van der Waals surface area contributed by atoms with Crippen molar-refractivity contribution in [3.63, 3.8) is 0 Å². The number of carbonyl (C=O) groups excluding carboxylic acids is 2. The van der Waals surface area contributed by atoms with Gasteiger partial charge in [0.2, 0.25) is 5.91 Å². The molecule has 2 heterocycles. The van der Waals surface area contributed by atoms with E-state index in [9.17, 15) is 9.59 Å². The number of amides is 2. The monoisotopic (exact) mass is 355 g/mol. The molecule has 0 atom stereocenters. The quantitative estimate of drug-likeness (QED) is 0.896. The van der Waals surface area contributed by atoms with Crippen LogP contribution >= 0.6 is 0 Å². The van der Waals surface area contributed by atoms with E-state index in [4.69, 9.17) is 4.42 Å². The smallest absolute Gasteiger partial charge is 0.289 e. The number of nitrogens with zero attached hydrogens (tertiary/aromatic N) is 2. The average Bonchev–Trinajstić information content (AvgIpc) is 3.17. The number of hydrogen-bond acceptors (Lipinski definition) is 4. The summed E-state index contributed by atoms with van der Waals surface area (Å²) in [5, 5.41) is 2.98. The lowest BCUT2D eigenvalue weighted by molar-refractivity contribution is -0.116. The molecule has 0 radical (unpaired) electrons. The van der Waals surface area contributed by atoms with E-state index < -0.39 is 0 Å². The summed E-state index contributed by atoms with van der Waals surface area (Å²) in [4.78, 5) is 28.5. The molecule has 0 saturated carbocycles. The largest absolute Gasteiger partial charge is 0.459 e. The topological polar surface area (TPSA) is 65.8 Å². The predicted molar refractivity (Wildman–Crippen MR) is 100 cm³/mol. The maximum Gasteiger partial charge on any atom is 0.289 e. The molecule has 6 nitrogen and oxygen atoms in total. The lowest BCUT2D eigenvalue weighted by Gasteiger charge is -2.34. The number of rotatable bonds is 5. The molecule has 1 aromatic heterocycles.